The number of piperazine rings is 1. The topological polar surface area (TPSA) is 6.48 Å². The Hall–Kier alpha value is -0.380. The first-order chi connectivity index (χ1) is 10.2. The van der Waals surface area contributed by atoms with Gasteiger partial charge in [0.15, 0.2) is 0 Å². The molecular weight excluding hydrogens is 324 g/mol. The van der Waals surface area contributed by atoms with Crippen LogP contribution in [0.15, 0.2) is 28.7 Å². The van der Waals surface area contributed by atoms with Gasteiger partial charge in [-0.15, -0.1) is 0 Å². The molecule has 3 heteroatoms. The van der Waals surface area contributed by atoms with Gasteiger partial charge in [0.1, 0.15) is 0 Å². The third kappa shape index (κ3) is 4.08. The molecule has 1 saturated heterocycles. The molecule has 2 atom stereocenters. The highest BCUT2D eigenvalue weighted by Crippen LogP contribution is 2.28. The third-order valence-electron chi connectivity index (χ3n) is 5.26. The molecule has 1 saturated carbocycles. The predicted octanol–water partition coefficient (Wildman–Crippen LogP) is 4.15. The van der Waals surface area contributed by atoms with Crippen LogP contribution < -0.4 is 0 Å². The van der Waals surface area contributed by atoms with E-state index in [2.05, 4.69) is 56.9 Å². The summed E-state index contributed by atoms with van der Waals surface area (Å²) >= 11 is 3.51. The van der Waals surface area contributed by atoms with E-state index >= 15 is 0 Å². The summed E-state index contributed by atoms with van der Waals surface area (Å²) in [4.78, 5) is 5.37. The summed E-state index contributed by atoms with van der Waals surface area (Å²) in [5, 5.41) is 0. The van der Waals surface area contributed by atoms with Crippen molar-refractivity contribution in [3.63, 3.8) is 0 Å². The molecule has 1 aromatic carbocycles. The number of hydrogen-bond acceptors (Lipinski definition) is 2. The second kappa shape index (κ2) is 7.26. The van der Waals surface area contributed by atoms with Crippen LogP contribution in [0.4, 0.5) is 0 Å². The average Bonchev–Trinajstić information content (AvgIpc) is 2.51. The van der Waals surface area contributed by atoms with E-state index in [0.717, 1.165) is 18.5 Å². The number of benzene rings is 1. The normalized spacial score (nSPS) is 28.7. The van der Waals surface area contributed by atoms with Crippen molar-refractivity contribution in [1.29, 1.82) is 0 Å². The van der Waals surface area contributed by atoms with Crippen LogP contribution in [0.5, 0.6) is 0 Å². The smallest absolute Gasteiger partial charge is 0.0234 e. The molecule has 2 fully saturated rings. The van der Waals surface area contributed by atoms with E-state index in [1.54, 1.807) is 0 Å². The zero-order valence-electron chi connectivity index (χ0n) is 13.1. The highest BCUT2D eigenvalue weighted by atomic mass is 79.9. The van der Waals surface area contributed by atoms with Crippen molar-refractivity contribution in [3.8, 4) is 0 Å². The van der Waals surface area contributed by atoms with E-state index in [-0.39, 0.29) is 0 Å². The molecular formula is C18H27BrN2. The lowest BCUT2D eigenvalue weighted by Crippen LogP contribution is -2.52. The lowest BCUT2D eigenvalue weighted by Gasteiger charge is -2.43. The molecule has 1 aliphatic carbocycles. The van der Waals surface area contributed by atoms with Crippen LogP contribution in [0, 0.1) is 5.92 Å². The van der Waals surface area contributed by atoms with Gasteiger partial charge in [-0.2, -0.15) is 0 Å². The maximum atomic E-state index is 3.51. The Bertz CT molecular complexity index is 437. The van der Waals surface area contributed by atoms with Crippen LogP contribution in [-0.2, 0) is 6.54 Å². The van der Waals surface area contributed by atoms with Crippen molar-refractivity contribution >= 4 is 15.9 Å². The molecule has 3 rings (SSSR count). The van der Waals surface area contributed by atoms with Crippen LogP contribution in [-0.4, -0.2) is 42.0 Å². The van der Waals surface area contributed by atoms with Crippen molar-refractivity contribution < 1.29 is 0 Å². The Kier molecular flexibility index (Phi) is 5.36. The van der Waals surface area contributed by atoms with Gasteiger partial charge in [-0.05, 0) is 36.5 Å². The molecule has 0 spiro atoms. The molecule has 0 radical (unpaired) electrons. The van der Waals surface area contributed by atoms with Gasteiger partial charge in [0.05, 0.1) is 0 Å². The van der Waals surface area contributed by atoms with E-state index in [0.29, 0.717) is 0 Å². The molecule has 0 bridgehead atoms. The molecule has 0 unspecified atom stereocenters. The van der Waals surface area contributed by atoms with Crippen molar-refractivity contribution in [2.75, 3.05) is 26.2 Å². The first-order valence-electron chi connectivity index (χ1n) is 8.43. The summed E-state index contributed by atoms with van der Waals surface area (Å²) in [5.74, 6) is 0.900. The summed E-state index contributed by atoms with van der Waals surface area (Å²) in [7, 11) is 0. The van der Waals surface area contributed by atoms with Gasteiger partial charge in [0, 0.05) is 43.2 Å². The van der Waals surface area contributed by atoms with Gasteiger partial charge in [0.2, 0.25) is 0 Å². The highest BCUT2D eigenvalue weighted by molar-refractivity contribution is 9.10. The van der Waals surface area contributed by atoms with E-state index < -0.39 is 0 Å². The second-order valence-electron chi connectivity index (χ2n) is 6.77. The van der Waals surface area contributed by atoms with E-state index in [4.69, 9.17) is 0 Å². The zero-order valence-corrected chi connectivity index (χ0v) is 14.7. The molecule has 1 aliphatic heterocycles. The summed E-state index contributed by atoms with van der Waals surface area (Å²) in [5.41, 5.74) is 1.43. The average molecular weight is 351 g/mol. The Morgan fingerprint density at radius 2 is 1.67 bits per heavy atom. The van der Waals surface area contributed by atoms with Gasteiger partial charge >= 0.3 is 0 Å². The van der Waals surface area contributed by atoms with Gasteiger partial charge < -0.3 is 0 Å². The maximum absolute atomic E-state index is 3.51. The monoisotopic (exact) mass is 350 g/mol. The minimum atomic E-state index is 0.855. The van der Waals surface area contributed by atoms with Crippen molar-refractivity contribution in [2.24, 2.45) is 5.92 Å². The molecule has 116 valence electrons. The van der Waals surface area contributed by atoms with Gasteiger partial charge in [-0.3, -0.25) is 9.80 Å². The summed E-state index contributed by atoms with van der Waals surface area (Å²) in [6, 6.07) is 9.62. The fourth-order valence-corrected chi connectivity index (χ4v) is 4.20. The second-order valence-corrected chi connectivity index (χ2v) is 7.68. The quantitative estimate of drug-likeness (QED) is 0.807. The molecule has 0 amide bonds. The van der Waals surface area contributed by atoms with Crippen LogP contribution in [0.1, 0.15) is 38.2 Å². The fourth-order valence-electron chi connectivity index (χ4n) is 3.94. The van der Waals surface area contributed by atoms with Crippen LogP contribution in [0.25, 0.3) is 0 Å². The standard InChI is InChI=1S/C18H27BrN2/c1-15-4-2-3-5-18(15)21-12-10-20(11-13-21)14-16-6-8-17(19)9-7-16/h6-9,15,18H,2-5,10-14H2,1H3/t15-,18+/m1/s1. The first kappa shape index (κ1) is 15.5. The van der Waals surface area contributed by atoms with Crippen molar-refractivity contribution in [1.82, 2.24) is 9.80 Å². The lowest BCUT2D eigenvalue weighted by atomic mass is 9.84. The number of rotatable bonds is 3. The van der Waals surface area contributed by atoms with Crippen molar-refractivity contribution in [2.45, 2.75) is 45.2 Å². The molecule has 1 aromatic rings. The number of halogens is 1. The Morgan fingerprint density at radius 3 is 2.33 bits per heavy atom. The Balaban J connectivity index is 1.49. The van der Waals surface area contributed by atoms with Crippen molar-refractivity contribution in [3.05, 3.63) is 34.3 Å². The molecule has 1 heterocycles. The molecule has 2 aliphatic rings. The maximum Gasteiger partial charge on any atom is 0.0234 e. The van der Waals surface area contributed by atoms with Gasteiger partial charge in [-0.1, -0.05) is 47.8 Å². The lowest BCUT2D eigenvalue weighted by molar-refractivity contribution is 0.0518. The summed E-state index contributed by atoms with van der Waals surface area (Å²) in [6.07, 6.45) is 5.74. The first-order valence-corrected chi connectivity index (χ1v) is 9.22. The minimum Gasteiger partial charge on any atom is -0.298 e. The molecule has 0 N–H and O–H groups in total. The largest absolute Gasteiger partial charge is 0.298 e. The predicted molar refractivity (Wildman–Crippen MR) is 92.4 cm³/mol. The van der Waals surface area contributed by atoms with Crippen LogP contribution >= 0.6 is 15.9 Å². The number of nitrogens with zero attached hydrogens (tertiary/aromatic N) is 2. The summed E-state index contributed by atoms with van der Waals surface area (Å²) < 4.78 is 1.17. The van der Waals surface area contributed by atoms with Crippen LogP contribution in [0.3, 0.4) is 0 Å². The van der Waals surface area contributed by atoms with E-state index in [9.17, 15) is 0 Å². The van der Waals surface area contributed by atoms with Gasteiger partial charge in [0.25, 0.3) is 0 Å². The summed E-state index contributed by atoms with van der Waals surface area (Å²) in [6.45, 7) is 8.51. The van der Waals surface area contributed by atoms with Gasteiger partial charge in [-0.25, -0.2) is 0 Å². The van der Waals surface area contributed by atoms with Crippen LogP contribution in [0.2, 0.25) is 0 Å². The highest BCUT2D eigenvalue weighted by Gasteiger charge is 2.29. The van der Waals surface area contributed by atoms with E-state index in [1.807, 2.05) is 0 Å². The fraction of sp³-hybridized carbons (Fsp3) is 0.667. The molecule has 21 heavy (non-hydrogen) atoms. The molecule has 2 nitrogen and oxygen atoms in total. The zero-order chi connectivity index (χ0) is 14.7. The molecule has 0 aromatic heterocycles. The Labute approximate surface area is 137 Å². The third-order valence-corrected chi connectivity index (χ3v) is 5.79. The SMILES string of the molecule is C[C@@H]1CCCC[C@@H]1N1CCN(Cc2ccc(Br)cc2)CC1. The number of hydrogen-bond donors (Lipinski definition) is 0. The Morgan fingerprint density at radius 1 is 1.00 bits per heavy atom. The van der Waals surface area contributed by atoms with E-state index in [1.165, 1.54) is 61.9 Å². The minimum absolute atomic E-state index is 0.855.